The zero-order chi connectivity index (χ0) is 26.0. The first-order valence-corrected chi connectivity index (χ1v) is 12.8. The molecule has 3 aromatic rings. The van der Waals surface area contributed by atoms with Crippen molar-refractivity contribution in [1.29, 1.82) is 0 Å². The van der Waals surface area contributed by atoms with E-state index in [9.17, 15) is 18.0 Å². The zero-order valence-corrected chi connectivity index (χ0v) is 20.8. The molecule has 2 N–H and O–H groups in total. The summed E-state index contributed by atoms with van der Waals surface area (Å²) in [5, 5.41) is 3.13. The molecule has 1 atom stereocenters. The standard InChI is InChI=1S/C28H32F3N5O/c1-19-7-8-21(15-24(19)28(29,30)31)26(25-16-32-18-33-25)35-13-11-23(12-14-35)36(27(37)34-22-9-10-22)17-20-5-3-2-4-6-20/h2-8,15-16,18,22-23,26H,9-14,17H2,1H3,(H,32,33)(H,34,37). The smallest absolute Gasteiger partial charge is 0.347 e. The van der Waals surface area contributed by atoms with Crippen LogP contribution in [-0.4, -0.2) is 51.0 Å². The number of alkyl halides is 3. The average Bonchev–Trinajstić information content (AvgIpc) is 3.53. The lowest BCUT2D eigenvalue weighted by molar-refractivity contribution is -0.138. The van der Waals surface area contributed by atoms with Gasteiger partial charge in [-0.15, -0.1) is 0 Å². The molecule has 196 valence electrons. The topological polar surface area (TPSA) is 64.3 Å². The number of aryl methyl sites for hydroxylation is 1. The number of hydrogen-bond acceptors (Lipinski definition) is 3. The Hall–Kier alpha value is -3.33. The van der Waals surface area contributed by atoms with Gasteiger partial charge < -0.3 is 15.2 Å². The van der Waals surface area contributed by atoms with E-state index in [2.05, 4.69) is 20.2 Å². The van der Waals surface area contributed by atoms with Crippen molar-refractivity contribution in [3.05, 3.63) is 89.0 Å². The summed E-state index contributed by atoms with van der Waals surface area (Å²) < 4.78 is 41.1. The number of amides is 2. The lowest BCUT2D eigenvalue weighted by Gasteiger charge is -2.41. The number of rotatable bonds is 7. The van der Waals surface area contributed by atoms with Crippen LogP contribution >= 0.6 is 0 Å². The number of carbonyl (C=O) groups excluding carboxylic acids is 1. The van der Waals surface area contributed by atoms with Gasteiger partial charge in [-0.2, -0.15) is 13.2 Å². The first-order chi connectivity index (χ1) is 17.8. The quantitative estimate of drug-likeness (QED) is 0.430. The van der Waals surface area contributed by atoms with Crippen LogP contribution in [0.5, 0.6) is 0 Å². The van der Waals surface area contributed by atoms with Gasteiger partial charge in [-0.3, -0.25) is 4.90 Å². The Bertz CT molecular complexity index is 1190. The molecule has 2 fully saturated rings. The van der Waals surface area contributed by atoms with Crippen molar-refractivity contribution < 1.29 is 18.0 Å². The Balaban J connectivity index is 1.36. The van der Waals surface area contributed by atoms with Crippen LogP contribution in [0.15, 0.2) is 61.1 Å². The van der Waals surface area contributed by atoms with Gasteiger partial charge >= 0.3 is 12.2 Å². The maximum absolute atomic E-state index is 13.7. The Labute approximate surface area is 214 Å². The third-order valence-electron chi connectivity index (χ3n) is 7.36. The Kier molecular flexibility index (Phi) is 7.24. The van der Waals surface area contributed by atoms with Crippen LogP contribution in [0.4, 0.5) is 18.0 Å². The summed E-state index contributed by atoms with van der Waals surface area (Å²) in [6.45, 7) is 3.30. The summed E-state index contributed by atoms with van der Waals surface area (Å²) >= 11 is 0. The van der Waals surface area contributed by atoms with E-state index in [0.717, 1.165) is 36.9 Å². The van der Waals surface area contributed by atoms with Crippen LogP contribution < -0.4 is 5.32 Å². The molecular formula is C28H32F3N5O. The second-order valence-electron chi connectivity index (χ2n) is 10.1. The second-order valence-corrected chi connectivity index (χ2v) is 10.1. The molecule has 1 saturated heterocycles. The second kappa shape index (κ2) is 10.6. The summed E-state index contributed by atoms with van der Waals surface area (Å²) in [7, 11) is 0. The minimum absolute atomic E-state index is 0.0386. The monoisotopic (exact) mass is 511 g/mol. The highest BCUT2D eigenvalue weighted by Crippen LogP contribution is 2.37. The molecule has 37 heavy (non-hydrogen) atoms. The SMILES string of the molecule is Cc1ccc(C(c2cnc[nH]2)N2CCC(N(Cc3ccccc3)C(=O)NC3CC3)CC2)cc1C(F)(F)F. The molecule has 0 bridgehead atoms. The van der Waals surface area contributed by atoms with Gasteiger partial charge in [0.1, 0.15) is 0 Å². The van der Waals surface area contributed by atoms with Crippen molar-refractivity contribution in [2.75, 3.05) is 13.1 Å². The fourth-order valence-electron chi connectivity index (χ4n) is 5.21. The van der Waals surface area contributed by atoms with Gasteiger partial charge in [0.15, 0.2) is 0 Å². The van der Waals surface area contributed by atoms with Crippen molar-refractivity contribution in [3.63, 3.8) is 0 Å². The van der Waals surface area contributed by atoms with Gasteiger partial charge in [0.05, 0.1) is 23.6 Å². The van der Waals surface area contributed by atoms with E-state index in [-0.39, 0.29) is 29.7 Å². The molecule has 1 aliphatic heterocycles. The Morgan fingerprint density at radius 2 is 1.86 bits per heavy atom. The molecule has 2 aromatic carbocycles. The lowest BCUT2D eigenvalue weighted by Crippen LogP contribution is -2.51. The van der Waals surface area contributed by atoms with Crippen molar-refractivity contribution in [2.45, 2.75) is 63.5 Å². The first-order valence-electron chi connectivity index (χ1n) is 12.8. The molecule has 2 amide bonds. The van der Waals surface area contributed by atoms with Crippen molar-refractivity contribution in [3.8, 4) is 0 Å². The van der Waals surface area contributed by atoms with E-state index in [1.165, 1.54) is 19.1 Å². The number of nitrogens with zero attached hydrogens (tertiary/aromatic N) is 3. The Morgan fingerprint density at radius 3 is 2.49 bits per heavy atom. The number of aromatic nitrogens is 2. The Morgan fingerprint density at radius 1 is 1.14 bits per heavy atom. The van der Waals surface area contributed by atoms with Gasteiger partial charge in [0.2, 0.25) is 0 Å². The fraction of sp³-hybridized carbons (Fsp3) is 0.429. The van der Waals surface area contributed by atoms with E-state index in [4.69, 9.17) is 0 Å². The van der Waals surface area contributed by atoms with Gasteiger partial charge in [0.25, 0.3) is 0 Å². The molecule has 1 unspecified atom stereocenters. The molecule has 1 aliphatic carbocycles. The summed E-state index contributed by atoms with van der Waals surface area (Å²) in [5.41, 5.74) is 1.99. The molecule has 6 nitrogen and oxygen atoms in total. The zero-order valence-electron chi connectivity index (χ0n) is 20.8. The third-order valence-corrected chi connectivity index (χ3v) is 7.36. The molecule has 5 rings (SSSR count). The molecule has 0 spiro atoms. The van der Waals surface area contributed by atoms with E-state index >= 15 is 0 Å². The largest absolute Gasteiger partial charge is 0.416 e. The van der Waals surface area contributed by atoms with Crippen LogP contribution in [-0.2, 0) is 12.7 Å². The fourth-order valence-corrected chi connectivity index (χ4v) is 5.21. The van der Waals surface area contributed by atoms with E-state index in [1.54, 1.807) is 18.6 Å². The van der Waals surface area contributed by atoms with Crippen LogP contribution in [0.3, 0.4) is 0 Å². The van der Waals surface area contributed by atoms with Gasteiger partial charge in [0, 0.05) is 37.9 Å². The molecule has 2 aliphatic rings. The summed E-state index contributed by atoms with van der Waals surface area (Å²) in [5.74, 6) is 0. The number of hydrogen-bond donors (Lipinski definition) is 2. The highest BCUT2D eigenvalue weighted by molar-refractivity contribution is 5.75. The number of nitrogens with one attached hydrogen (secondary N) is 2. The molecule has 0 radical (unpaired) electrons. The van der Waals surface area contributed by atoms with Crippen LogP contribution in [0.1, 0.15) is 59.7 Å². The summed E-state index contributed by atoms with van der Waals surface area (Å²) in [4.78, 5) is 24.5. The molecular weight excluding hydrogens is 479 g/mol. The minimum Gasteiger partial charge on any atom is -0.347 e. The lowest BCUT2D eigenvalue weighted by atomic mass is 9.94. The van der Waals surface area contributed by atoms with E-state index in [0.29, 0.717) is 25.2 Å². The van der Waals surface area contributed by atoms with Gasteiger partial charge in [-0.05, 0) is 55.4 Å². The van der Waals surface area contributed by atoms with Crippen LogP contribution in [0.25, 0.3) is 0 Å². The minimum atomic E-state index is -4.42. The van der Waals surface area contributed by atoms with Crippen LogP contribution in [0.2, 0.25) is 0 Å². The van der Waals surface area contributed by atoms with Crippen molar-refractivity contribution >= 4 is 6.03 Å². The molecule has 1 aromatic heterocycles. The average molecular weight is 512 g/mol. The highest BCUT2D eigenvalue weighted by atomic mass is 19.4. The van der Waals surface area contributed by atoms with E-state index < -0.39 is 11.7 Å². The number of likely N-dealkylation sites (tertiary alicyclic amines) is 1. The maximum Gasteiger partial charge on any atom is 0.416 e. The summed E-state index contributed by atoms with van der Waals surface area (Å²) in [6, 6.07) is 14.4. The number of aromatic amines is 1. The van der Waals surface area contributed by atoms with Crippen molar-refractivity contribution in [2.24, 2.45) is 0 Å². The number of carbonyl (C=O) groups is 1. The number of benzene rings is 2. The predicted molar refractivity (Wildman–Crippen MR) is 135 cm³/mol. The highest BCUT2D eigenvalue weighted by Gasteiger charge is 2.36. The number of H-pyrrole nitrogens is 1. The summed E-state index contributed by atoms with van der Waals surface area (Å²) in [6.07, 6.45) is 2.31. The number of imidazole rings is 1. The van der Waals surface area contributed by atoms with Gasteiger partial charge in [-0.1, -0.05) is 42.5 Å². The predicted octanol–water partition coefficient (Wildman–Crippen LogP) is 5.66. The van der Waals surface area contributed by atoms with Crippen LogP contribution in [0, 0.1) is 6.92 Å². The molecule has 1 saturated carbocycles. The van der Waals surface area contributed by atoms with Gasteiger partial charge in [-0.25, -0.2) is 9.78 Å². The van der Waals surface area contributed by atoms with Crippen molar-refractivity contribution in [1.82, 2.24) is 25.1 Å². The third kappa shape index (κ3) is 5.98. The number of urea groups is 1. The number of piperidine rings is 1. The maximum atomic E-state index is 13.7. The molecule has 2 heterocycles. The first kappa shape index (κ1) is 25.3. The number of halogens is 3. The molecule has 9 heteroatoms. The van der Waals surface area contributed by atoms with E-state index in [1.807, 2.05) is 35.2 Å². The normalized spacial score (nSPS) is 17.9.